The molecule has 0 aromatic heterocycles. The molecule has 4 nitrogen and oxygen atoms in total. The Morgan fingerprint density at radius 3 is 2.59 bits per heavy atom. The first-order chi connectivity index (χ1) is 10.6. The van der Waals surface area contributed by atoms with Crippen LogP contribution in [0.2, 0.25) is 0 Å². The van der Waals surface area contributed by atoms with E-state index in [-0.39, 0.29) is 5.91 Å². The van der Waals surface area contributed by atoms with Crippen molar-refractivity contribution < 1.29 is 9.59 Å². The molecule has 2 aromatic rings. The summed E-state index contributed by atoms with van der Waals surface area (Å²) in [6.07, 6.45) is 0.864. The van der Waals surface area contributed by atoms with Gasteiger partial charge in [0.2, 0.25) is 5.91 Å². The Morgan fingerprint density at radius 2 is 1.82 bits per heavy atom. The SMILES string of the molecule is Cc1cccc2c1CCN(C(=O)c1cccc(C(N)=O)c1)C2. The van der Waals surface area contributed by atoms with Gasteiger partial charge in [-0.15, -0.1) is 0 Å². The number of fused-ring (bicyclic) bond motifs is 1. The van der Waals surface area contributed by atoms with Crippen molar-refractivity contribution in [2.75, 3.05) is 6.54 Å². The number of carbonyl (C=O) groups excluding carboxylic acids is 2. The standard InChI is InChI=1S/C18H18N2O2/c1-12-4-2-7-15-11-20(9-8-16(12)15)18(22)14-6-3-5-13(10-14)17(19)21/h2-7,10H,8-9,11H2,1H3,(H2,19,21). The van der Waals surface area contributed by atoms with Crippen molar-refractivity contribution >= 4 is 11.8 Å². The number of nitrogens with two attached hydrogens (primary N) is 1. The number of rotatable bonds is 2. The number of amides is 2. The number of carbonyl (C=O) groups is 2. The molecule has 1 aliphatic rings. The van der Waals surface area contributed by atoms with Gasteiger partial charge in [-0.2, -0.15) is 0 Å². The Labute approximate surface area is 129 Å². The summed E-state index contributed by atoms with van der Waals surface area (Å²) >= 11 is 0. The van der Waals surface area contributed by atoms with Crippen molar-refractivity contribution in [3.8, 4) is 0 Å². The van der Waals surface area contributed by atoms with Crippen LogP contribution in [0.3, 0.4) is 0 Å². The second-order valence-corrected chi connectivity index (χ2v) is 5.63. The van der Waals surface area contributed by atoms with Crippen LogP contribution in [0, 0.1) is 6.92 Å². The molecule has 0 radical (unpaired) electrons. The molecule has 2 aromatic carbocycles. The molecule has 1 aliphatic heterocycles. The minimum Gasteiger partial charge on any atom is -0.366 e. The molecule has 0 atom stereocenters. The van der Waals surface area contributed by atoms with Gasteiger partial charge in [-0.1, -0.05) is 24.3 Å². The molecule has 112 valence electrons. The highest BCUT2D eigenvalue weighted by Crippen LogP contribution is 2.23. The Hall–Kier alpha value is -2.62. The first kappa shape index (κ1) is 14.3. The molecule has 2 amide bonds. The number of nitrogens with zero attached hydrogens (tertiary/aromatic N) is 1. The smallest absolute Gasteiger partial charge is 0.254 e. The average Bonchev–Trinajstić information content (AvgIpc) is 2.54. The summed E-state index contributed by atoms with van der Waals surface area (Å²) in [5.74, 6) is -0.579. The Morgan fingerprint density at radius 1 is 1.09 bits per heavy atom. The largest absolute Gasteiger partial charge is 0.366 e. The predicted octanol–water partition coefficient (Wildman–Crippen LogP) is 2.29. The zero-order valence-electron chi connectivity index (χ0n) is 12.5. The van der Waals surface area contributed by atoms with Gasteiger partial charge in [0.1, 0.15) is 0 Å². The van der Waals surface area contributed by atoms with Crippen molar-refractivity contribution in [3.05, 3.63) is 70.3 Å². The third-order valence-electron chi connectivity index (χ3n) is 4.18. The van der Waals surface area contributed by atoms with Crippen LogP contribution in [-0.4, -0.2) is 23.3 Å². The maximum Gasteiger partial charge on any atom is 0.254 e. The topological polar surface area (TPSA) is 63.4 Å². The predicted molar refractivity (Wildman–Crippen MR) is 84.6 cm³/mol. The quantitative estimate of drug-likeness (QED) is 0.923. The summed E-state index contributed by atoms with van der Waals surface area (Å²) in [6, 6.07) is 12.8. The van der Waals surface area contributed by atoms with Crippen LogP contribution < -0.4 is 5.73 Å². The maximum atomic E-state index is 12.6. The lowest BCUT2D eigenvalue weighted by atomic mass is 9.95. The molecule has 3 rings (SSSR count). The normalized spacial score (nSPS) is 13.6. The van der Waals surface area contributed by atoms with E-state index >= 15 is 0 Å². The second-order valence-electron chi connectivity index (χ2n) is 5.63. The van der Waals surface area contributed by atoms with Crippen LogP contribution in [0.4, 0.5) is 0 Å². The van der Waals surface area contributed by atoms with Crippen LogP contribution in [0.25, 0.3) is 0 Å². The van der Waals surface area contributed by atoms with Gasteiger partial charge >= 0.3 is 0 Å². The van der Waals surface area contributed by atoms with Gasteiger partial charge in [0.05, 0.1) is 0 Å². The Bertz CT molecular complexity index is 753. The zero-order chi connectivity index (χ0) is 15.7. The lowest BCUT2D eigenvalue weighted by Crippen LogP contribution is -2.36. The van der Waals surface area contributed by atoms with Crippen LogP contribution in [0.5, 0.6) is 0 Å². The molecule has 0 fully saturated rings. The van der Waals surface area contributed by atoms with Crippen LogP contribution in [-0.2, 0) is 13.0 Å². The highest BCUT2D eigenvalue weighted by atomic mass is 16.2. The van der Waals surface area contributed by atoms with Gasteiger partial charge < -0.3 is 10.6 Å². The lowest BCUT2D eigenvalue weighted by Gasteiger charge is -2.30. The van der Waals surface area contributed by atoms with E-state index in [4.69, 9.17) is 5.73 Å². The fourth-order valence-corrected chi connectivity index (χ4v) is 2.96. The molecule has 2 N–H and O–H groups in total. The van der Waals surface area contributed by atoms with Gasteiger partial charge in [-0.05, 0) is 48.2 Å². The van der Waals surface area contributed by atoms with Crippen molar-refractivity contribution in [2.24, 2.45) is 5.73 Å². The number of benzene rings is 2. The zero-order valence-corrected chi connectivity index (χ0v) is 12.5. The molecular formula is C18H18N2O2. The van der Waals surface area contributed by atoms with Crippen molar-refractivity contribution in [2.45, 2.75) is 19.9 Å². The number of hydrogen-bond acceptors (Lipinski definition) is 2. The van der Waals surface area contributed by atoms with Gasteiger partial charge in [-0.25, -0.2) is 0 Å². The van der Waals surface area contributed by atoms with Crippen LogP contribution in [0.1, 0.15) is 37.4 Å². The molecule has 4 heteroatoms. The van der Waals surface area contributed by atoms with E-state index in [0.717, 1.165) is 6.42 Å². The molecule has 0 spiro atoms. The Kier molecular flexibility index (Phi) is 3.67. The molecule has 0 saturated heterocycles. The van der Waals surface area contributed by atoms with E-state index in [9.17, 15) is 9.59 Å². The van der Waals surface area contributed by atoms with Crippen LogP contribution in [0.15, 0.2) is 42.5 Å². The molecule has 0 saturated carbocycles. The van der Waals surface area contributed by atoms with E-state index in [1.165, 1.54) is 16.7 Å². The number of aryl methyl sites for hydroxylation is 1. The average molecular weight is 294 g/mol. The number of hydrogen-bond donors (Lipinski definition) is 1. The van der Waals surface area contributed by atoms with E-state index in [0.29, 0.717) is 24.2 Å². The maximum absolute atomic E-state index is 12.6. The van der Waals surface area contributed by atoms with E-state index in [1.54, 1.807) is 24.3 Å². The summed E-state index contributed by atoms with van der Waals surface area (Å²) < 4.78 is 0. The van der Waals surface area contributed by atoms with Gasteiger partial charge in [0.25, 0.3) is 5.91 Å². The van der Waals surface area contributed by atoms with Gasteiger partial charge in [0, 0.05) is 24.2 Å². The summed E-state index contributed by atoms with van der Waals surface area (Å²) in [7, 11) is 0. The van der Waals surface area contributed by atoms with Crippen molar-refractivity contribution in [1.82, 2.24) is 4.90 Å². The second kappa shape index (κ2) is 5.64. The summed E-state index contributed by atoms with van der Waals surface area (Å²) in [6.45, 7) is 3.40. The van der Waals surface area contributed by atoms with E-state index in [1.807, 2.05) is 11.0 Å². The van der Waals surface area contributed by atoms with E-state index < -0.39 is 5.91 Å². The summed E-state index contributed by atoms with van der Waals surface area (Å²) in [5, 5.41) is 0. The van der Waals surface area contributed by atoms with Gasteiger partial charge in [-0.3, -0.25) is 9.59 Å². The molecule has 0 unspecified atom stereocenters. The fraction of sp³-hybridized carbons (Fsp3) is 0.222. The minimum atomic E-state index is -0.519. The third-order valence-corrected chi connectivity index (χ3v) is 4.18. The van der Waals surface area contributed by atoms with Gasteiger partial charge in [0.15, 0.2) is 0 Å². The fourth-order valence-electron chi connectivity index (χ4n) is 2.96. The number of primary amides is 1. The monoisotopic (exact) mass is 294 g/mol. The van der Waals surface area contributed by atoms with E-state index in [2.05, 4.69) is 19.1 Å². The van der Waals surface area contributed by atoms with Crippen molar-refractivity contribution in [1.29, 1.82) is 0 Å². The molecule has 0 bridgehead atoms. The first-order valence-corrected chi connectivity index (χ1v) is 7.33. The summed E-state index contributed by atoms with van der Waals surface area (Å²) in [4.78, 5) is 25.7. The highest BCUT2D eigenvalue weighted by Gasteiger charge is 2.22. The first-order valence-electron chi connectivity index (χ1n) is 7.33. The summed E-state index contributed by atoms with van der Waals surface area (Å²) in [5.41, 5.74) is 9.97. The molecule has 0 aliphatic carbocycles. The molecular weight excluding hydrogens is 276 g/mol. The lowest BCUT2D eigenvalue weighted by molar-refractivity contribution is 0.0734. The van der Waals surface area contributed by atoms with Crippen molar-refractivity contribution in [3.63, 3.8) is 0 Å². The highest BCUT2D eigenvalue weighted by molar-refractivity contribution is 5.99. The minimum absolute atomic E-state index is 0.0599. The molecule has 1 heterocycles. The third kappa shape index (κ3) is 2.60. The Balaban J connectivity index is 1.85. The van der Waals surface area contributed by atoms with Crippen LogP contribution >= 0.6 is 0 Å². The molecule has 22 heavy (non-hydrogen) atoms.